The molecule has 4 heteroatoms. The second-order valence-corrected chi connectivity index (χ2v) is 5.26. The SMILES string of the molecule is Cc1ccc(OCc2cc(CN)sc2C)cn1. The maximum absolute atomic E-state index is 5.69. The first-order chi connectivity index (χ1) is 8.19. The van der Waals surface area contributed by atoms with Gasteiger partial charge >= 0.3 is 0 Å². The Morgan fingerprint density at radius 1 is 1.35 bits per heavy atom. The summed E-state index contributed by atoms with van der Waals surface area (Å²) in [6, 6.07) is 6.00. The number of pyridine rings is 1. The van der Waals surface area contributed by atoms with E-state index in [0.717, 1.165) is 11.4 Å². The average Bonchev–Trinajstić information content (AvgIpc) is 2.69. The summed E-state index contributed by atoms with van der Waals surface area (Å²) in [6.45, 7) is 5.22. The van der Waals surface area contributed by atoms with Gasteiger partial charge in [0.15, 0.2) is 0 Å². The molecule has 0 aliphatic heterocycles. The van der Waals surface area contributed by atoms with Gasteiger partial charge in [-0.05, 0) is 32.0 Å². The topological polar surface area (TPSA) is 48.1 Å². The number of aryl methyl sites for hydroxylation is 2. The summed E-state index contributed by atoms with van der Waals surface area (Å²) >= 11 is 1.73. The standard InChI is InChI=1S/C13H16N2OS/c1-9-3-4-12(7-15-9)16-8-11-5-13(6-14)17-10(11)2/h3-5,7H,6,8,14H2,1-2H3. The molecule has 2 aromatic rings. The van der Waals surface area contributed by atoms with E-state index in [1.165, 1.54) is 15.3 Å². The summed E-state index contributed by atoms with van der Waals surface area (Å²) in [7, 11) is 0. The van der Waals surface area contributed by atoms with Gasteiger partial charge in [0.05, 0.1) is 6.20 Å². The van der Waals surface area contributed by atoms with E-state index in [-0.39, 0.29) is 0 Å². The van der Waals surface area contributed by atoms with Crippen LogP contribution in [0.4, 0.5) is 0 Å². The van der Waals surface area contributed by atoms with Crippen LogP contribution in [0, 0.1) is 13.8 Å². The summed E-state index contributed by atoms with van der Waals surface area (Å²) < 4.78 is 5.69. The molecule has 0 aliphatic rings. The lowest BCUT2D eigenvalue weighted by Crippen LogP contribution is -1.96. The molecule has 0 aromatic carbocycles. The van der Waals surface area contributed by atoms with Crippen molar-refractivity contribution in [2.45, 2.75) is 27.0 Å². The first-order valence-corrected chi connectivity index (χ1v) is 6.34. The third-order valence-electron chi connectivity index (χ3n) is 2.55. The molecule has 2 aromatic heterocycles. The van der Waals surface area contributed by atoms with Gasteiger partial charge in [0.2, 0.25) is 0 Å². The molecular weight excluding hydrogens is 232 g/mol. The first-order valence-electron chi connectivity index (χ1n) is 5.52. The minimum atomic E-state index is 0.576. The van der Waals surface area contributed by atoms with Gasteiger partial charge in [0, 0.05) is 27.6 Å². The lowest BCUT2D eigenvalue weighted by Gasteiger charge is -2.05. The van der Waals surface area contributed by atoms with Crippen LogP contribution in [0.15, 0.2) is 24.4 Å². The van der Waals surface area contributed by atoms with Crippen molar-refractivity contribution in [2.75, 3.05) is 0 Å². The van der Waals surface area contributed by atoms with Gasteiger partial charge in [-0.15, -0.1) is 11.3 Å². The van der Waals surface area contributed by atoms with E-state index < -0.39 is 0 Å². The summed E-state index contributed by atoms with van der Waals surface area (Å²) in [5, 5.41) is 0. The Hall–Kier alpha value is -1.39. The Bertz CT molecular complexity index is 491. The van der Waals surface area contributed by atoms with E-state index in [0.29, 0.717) is 13.2 Å². The van der Waals surface area contributed by atoms with Crippen LogP contribution in [0.3, 0.4) is 0 Å². The van der Waals surface area contributed by atoms with Gasteiger partial charge in [-0.3, -0.25) is 4.98 Å². The third-order valence-corrected chi connectivity index (χ3v) is 3.67. The second-order valence-electron chi connectivity index (χ2n) is 3.92. The number of thiophene rings is 1. The lowest BCUT2D eigenvalue weighted by molar-refractivity contribution is 0.304. The van der Waals surface area contributed by atoms with Crippen molar-refractivity contribution in [3.05, 3.63) is 45.4 Å². The van der Waals surface area contributed by atoms with Crippen LogP contribution < -0.4 is 10.5 Å². The molecule has 0 saturated heterocycles. The van der Waals surface area contributed by atoms with E-state index in [4.69, 9.17) is 10.5 Å². The highest BCUT2D eigenvalue weighted by Crippen LogP contribution is 2.22. The van der Waals surface area contributed by atoms with Crippen LogP contribution in [0.5, 0.6) is 5.75 Å². The second kappa shape index (κ2) is 5.29. The van der Waals surface area contributed by atoms with Gasteiger partial charge in [-0.1, -0.05) is 0 Å². The predicted molar refractivity (Wildman–Crippen MR) is 70.3 cm³/mol. The highest BCUT2D eigenvalue weighted by atomic mass is 32.1. The lowest BCUT2D eigenvalue weighted by atomic mass is 10.2. The highest BCUT2D eigenvalue weighted by Gasteiger charge is 2.05. The molecule has 0 amide bonds. The minimum Gasteiger partial charge on any atom is -0.487 e. The molecule has 90 valence electrons. The summed E-state index contributed by atoms with van der Waals surface area (Å²) in [4.78, 5) is 6.66. The molecule has 0 radical (unpaired) electrons. The number of hydrogen-bond donors (Lipinski definition) is 1. The fourth-order valence-corrected chi connectivity index (χ4v) is 2.46. The zero-order valence-electron chi connectivity index (χ0n) is 10.1. The minimum absolute atomic E-state index is 0.576. The molecule has 17 heavy (non-hydrogen) atoms. The fraction of sp³-hybridized carbons (Fsp3) is 0.308. The van der Waals surface area contributed by atoms with Gasteiger partial charge in [0.1, 0.15) is 12.4 Å². The predicted octanol–water partition coefficient (Wildman–Crippen LogP) is 2.80. The summed E-state index contributed by atoms with van der Waals surface area (Å²) in [5.74, 6) is 0.801. The smallest absolute Gasteiger partial charge is 0.138 e. The van der Waals surface area contributed by atoms with Crippen molar-refractivity contribution < 1.29 is 4.74 Å². The van der Waals surface area contributed by atoms with Crippen LogP contribution in [-0.4, -0.2) is 4.98 Å². The van der Waals surface area contributed by atoms with Gasteiger partial charge in [-0.2, -0.15) is 0 Å². The third kappa shape index (κ3) is 3.05. The van der Waals surface area contributed by atoms with E-state index in [9.17, 15) is 0 Å². The molecule has 0 bridgehead atoms. The van der Waals surface area contributed by atoms with E-state index in [1.54, 1.807) is 17.5 Å². The molecule has 2 N–H and O–H groups in total. The first kappa shape index (κ1) is 12.1. The van der Waals surface area contributed by atoms with Crippen LogP contribution in [0.25, 0.3) is 0 Å². The Morgan fingerprint density at radius 3 is 2.76 bits per heavy atom. The molecule has 3 nitrogen and oxygen atoms in total. The number of nitrogens with zero attached hydrogens (tertiary/aromatic N) is 1. The Kier molecular flexibility index (Phi) is 3.76. The molecule has 0 spiro atoms. The molecule has 0 atom stereocenters. The Balaban J connectivity index is 2.01. The maximum atomic E-state index is 5.69. The number of ether oxygens (including phenoxy) is 1. The normalized spacial score (nSPS) is 10.5. The van der Waals surface area contributed by atoms with E-state index in [2.05, 4.69) is 18.0 Å². The van der Waals surface area contributed by atoms with Crippen LogP contribution in [0.1, 0.15) is 21.0 Å². The fourth-order valence-electron chi connectivity index (χ4n) is 1.53. The van der Waals surface area contributed by atoms with E-state index >= 15 is 0 Å². The molecule has 2 heterocycles. The molecular formula is C13H16N2OS. The largest absolute Gasteiger partial charge is 0.487 e. The van der Waals surface area contributed by atoms with Crippen molar-refractivity contribution in [2.24, 2.45) is 5.73 Å². The molecule has 0 fully saturated rings. The number of rotatable bonds is 4. The van der Waals surface area contributed by atoms with Crippen molar-refractivity contribution in [1.29, 1.82) is 0 Å². The number of aromatic nitrogens is 1. The monoisotopic (exact) mass is 248 g/mol. The van der Waals surface area contributed by atoms with Gasteiger partial charge in [0.25, 0.3) is 0 Å². The molecule has 0 aliphatic carbocycles. The average molecular weight is 248 g/mol. The molecule has 2 rings (SSSR count). The molecule has 0 saturated carbocycles. The number of hydrogen-bond acceptors (Lipinski definition) is 4. The van der Waals surface area contributed by atoms with E-state index in [1.807, 2.05) is 19.1 Å². The Labute approximate surface area is 105 Å². The van der Waals surface area contributed by atoms with Gasteiger partial charge < -0.3 is 10.5 Å². The van der Waals surface area contributed by atoms with Crippen molar-refractivity contribution in [3.63, 3.8) is 0 Å². The van der Waals surface area contributed by atoms with Crippen molar-refractivity contribution in [3.8, 4) is 5.75 Å². The van der Waals surface area contributed by atoms with Crippen LogP contribution in [-0.2, 0) is 13.2 Å². The van der Waals surface area contributed by atoms with Crippen LogP contribution >= 0.6 is 11.3 Å². The highest BCUT2D eigenvalue weighted by molar-refractivity contribution is 7.12. The number of nitrogens with two attached hydrogens (primary N) is 1. The zero-order valence-corrected chi connectivity index (χ0v) is 10.9. The van der Waals surface area contributed by atoms with Gasteiger partial charge in [-0.25, -0.2) is 0 Å². The van der Waals surface area contributed by atoms with Crippen molar-refractivity contribution >= 4 is 11.3 Å². The zero-order chi connectivity index (χ0) is 12.3. The molecule has 0 unspecified atom stereocenters. The van der Waals surface area contributed by atoms with Crippen molar-refractivity contribution in [1.82, 2.24) is 4.98 Å². The summed E-state index contributed by atoms with van der Waals surface area (Å²) in [5.41, 5.74) is 7.82. The summed E-state index contributed by atoms with van der Waals surface area (Å²) in [6.07, 6.45) is 1.75. The Morgan fingerprint density at radius 2 is 2.18 bits per heavy atom. The maximum Gasteiger partial charge on any atom is 0.138 e. The van der Waals surface area contributed by atoms with Crippen LogP contribution in [0.2, 0.25) is 0 Å². The quantitative estimate of drug-likeness (QED) is 0.905.